The van der Waals surface area contributed by atoms with Gasteiger partial charge in [-0.3, -0.25) is 4.79 Å². The van der Waals surface area contributed by atoms with Crippen LogP contribution in [0.1, 0.15) is 41.5 Å². The van der Waals surface area contributed by atoms with Crippen LogP contribution < -0.4 is 20.6 Å². The molecule has 1 aromatic carbocycles. The van der Waals surface area contributed by atoms with Crippen LogP contribution in [0, 0.1) is 5.92 Å². The number of aromatic nitrogens is 2. The molecule has 0 bridgehead atoms. The number of carbonyl (C=O) groups excluding carboxylic acids is 2. The Labute approximate surface area is 180 Å². The maximum Gasteiger partial charge on any atom is 0.341 e. The Morgan fingerprint density at radius 1 is 1.16 bits per heavy atom. The van der Waals surface area contributed by atoms with Crippen molar-refractivity contribution in [1.29, 1.82) is 0 Å². The minimum absolute atomic E-state index is 0.000739. The Bertz CT molecular complexity index is 1090. The molecule has 0 aliphatic rings. The lowest BCUT2D eigenvalue weighted by Crippen LogP contribution is -2.25. The van der Waals surface area contributed by atoms with Gasteiger partial charge >= 0.3 is 16.1 Å². The van der Waals surface area contributed by atoms with Crippen LogP contribution in [0.25, 0.3) is 0 Å². The lowest BCUT2D eigenvalue weighted by Gasteiger charge is -2.20. The number of rotatable bonds is 9. The number of hydrogen-bond donors (Lipinski definition) is 3. The molecule has 1 aromatic heterocycles. The highest BCUT2D eigenvalue weighted by Gasteiger charge is 2.19. The lowest BCUT2D eigenvalue weighted by atomic mass is 10.1. The van der Waals surface area contributed by atoms with Crippen molar-refractivity contribution in [3.8, 4) is 5.75 Å². The average molecular weight is 452 g/mol. The van der Waals surface area contributed by atoms with Crippen LogP contribution >= 0.6 is 0 Å². The fourth-order valence-corrected chi connectivity index (χ4v) is 2.83. The second-order valence-corrected chi connectivity index (χ2v) is 8.69. The van der Waals surface area contributed by atoms with Gasteiger partial charge in [0.25, 0.3) is 5.91 Å². The molecule has 0 aliphatic heterocycles. The van der Waals surface area contributed by atoms with Gasteiger partial charge in [0, 0.05) is 17.9 Å². The Morgan fingerprint density at radius 3 is 2.39 bits per heavy atom. The number of hydrogen-bond acceptors (Lipinski definition) is 10. The number of ether oxygens (including phenoxy) is 1. The number of primary amides is 1. The van der Waals surface area contributed by atoms with Crippen LogP contribution in [-0.4, -0.2) is 49.7 Å². The molecule has 0 saturated heterocycles. The van der Waals surface area contributed by atoms with Gasteiger partial charge in [-0.15, -0.1) is 0 Å². The van der Waals surface area contributed by atoms with E-state index in [-0.39, 0.29) is 40.6 Å². The van der Waals surface area contributed by atoms with E-state index in [9.17, 15) is 18.0 Å². The maximum absolute atomic E-state index is 12.1. The number of carbonyl (C=O) groups is 2. The van der Waals surface area contributed by atoms with E-state index in [1.54, 1.807) is 0 Å². The van der Waals surface area contributed by atoms with Gasteiger partial charge in [0.05, 0.1) is 18.9 Å². The first kappa shape index (κ1) is 23.9. The number of nitrogens with one attached hydrogen (secondary N) is 2. The minimum Gasteiger partial charge on any atom is -0.465 e. The average Bonchev–Trinajstić information content (AvgIpc) is 2.67. The fourth-order valence-electron chi connectivity index (χ4n) is 2.36. The van der Waals surface area contributed by atoms with Crippen molar-refractivity contribution < 1.29 is 26.9 Å². The molecule has 0 fully saturated rings. The molecule has 11 nitrogen and oxygen atoms in total. The Hall–Kier alpha value is -3.41. The zero-order valence-corrected chi connectivity index (χ0v) is 18.6. The van der Waals surface area contributed by atoms with E-state index >= 15 is 0 Å². The van der Waals surface area contributed by atoms with E-state index in [4.69, 9.17) is 9.92 Å². The third-order valence-corrected chi connectivity index (χ3v) is 4.78. The van der Waals surface area contributed by atoms with Crippen molar-refractivity contribution in [2.45, 2.75) is 26.8 Å². The van der Waals surface area contributed by atoms with Crippen LogP contribution in [0.4, 0.5) is 17.5 Å². The van der Waals surface area contributed by atoms with E-state index < -0.39 is 22.0 Å². The van der Waals surface area contributed by atoms with Gasteiger partial charge in [0.1, 0.15) is 11.4 Å². The summed E-state index contributed by atoms with van der Waals surface area (Å²) in [5.41, 5.74) is 5.79. The number of benzene rings is 1. The second-order valence-electron chi connectivity index (χ2n) is 7.11. The first-order chi connectivity index (χ1) is 14.4. The molecule has 0 aliphatic carbocycles. The van der Waals surface area contributed by atoms with Crippen LogP contribution in [0.5, 0.6) is 5.75 Å². The molecule has 1 unspecified atom stereocenters. The first-order valence-corrected chi connectivity index (χ1v) is 11.0. The molecule has 1 amide bonds. The SMILES string of the molecule is COC(=O)c1cc(Nc2ncc(C(N)=O)c(NC(C)C(C)C)n2)ccc1OS(C)(=O)=O. The van der Waals surface area contributed by atoms with Gasteiger partial charge in [0.2, 0.25) is 5.95 Å². The minimum atomic E-state index is -3.86. The second kappa shape index (κ2) is 9.60. The van der Waals surface area contributed by atoms with Crippen LogP contribution in [0.15, 0.2) is 24.4 Å². The van der Waals surface area contributed by atoms with Crippen LogP contribution in [0.3, 0.4) is 0 Å². The normalized spacial score (nSPS) is 12.2. The van der Waals surface area contributed by atoms with Crippen LogP contribution in [-0.2, 0) is 14.9 Å². The Kier molecular flexibility index (Phi) is 7.39. The summed E-state index contributed by atoms with van der Waals surface area (Å²) in [4.78, 5) is 32.2. The molecule has 168 valence electrons. The highest BCUT2D eigenvalue weighted by atomic mass is 32.2. The quantitative estimate of drug-likeness (QED) is 0.379. The summed E-state index contributed by atoms with van der Waals surface area (Å²) in [5.74, 6) is -1.01. The molecular formula is C19H25N5O6S. The summed E-state index contributed by atoms with van der Waals surface area (Å²) < 4.78 is 32.4. The molecule has 1 atom stereocenters. The van der Waals surface area contributed by atoms with Gasteiger partial charge in [-0.2, -0.15) is 13.4 Å². The molecule has 0 spiro atoms. The molecule has 0 radical (unpaired) electrons. The number of esters is 1. The third kappa shape index (κ3) is 6.54. The van der Waals surface area contributed by atoms with Crippen molar-refractivity contribution in [3.05, 3.63) is 35.5 Å². The molecule has 2 aromatic rings. The van der Waals surface area contributed by atoms with Crippen LogP contribution in [0.2, 0.25) is 0 Å². The molecule has 1 heterocycles. The Balaban J connectivity index is 2.41. The zero-order chi connectivity index (χ0) is 23.3. The summed E-state index contributed by atoms with van der Waals surface area (Å²) >= 11 is 0. The summed E-state index contributed by atoms with van der Waals surface area (Å²) in [7, 11) is -2.70. The number of nitrogens with two attached hydrogens (primary N) is 1. The third-order valence-electron chi connectivity index (χ3n) is 4.30. The van der Waals surface area contributed by atoms with Crippen molar-refractivity contribution in [1.82, 2.24) is 9.97 Å². The fraction of sp³-hybridized carbons (Fsp3) is 0.368. The lowest BCUT2D eigenvalue weighted by molar-refractivity contribution is 0.0598. The van der Waals surface area contributed by atoms with Gasteiger partial charge in [-0.25, -0.2) is 9.78 Å². The zero-order valence-electron chi connectivity index (χ0n) is 17.8. The van der Waals surface area contributed by atoms with Gasteiger partial charge < -0.3 is 25.3 Å². The monoisotopic (exact) mass is 451 g/mol. The van der Waals surface area contributed by atoms with Gasteiger partial charge in [-0.05, 0) is 31.0 Å². The molecule has 0 saturated carbocycles. The van der Waals surface area contributed by atoms with E-state index in [0.29, 0.717) is 5.69 Å². The van der Waals surface area contributed by atoms with E-state index in [1.807, 2.05) is 20.8 Å². The summed E-state index contributed by atoms with van der Waals surface area (Å²) in [6.07, 6.45) is 2.15. The van der Waals surface area contributed by atoms with Crippen molar-refractivity contribution in [2.75, 3.05) is 24.0 Å². The standard InChI is InChI=1S/C19H25N5O6S/c1-10(2)11(3)22-17-14(16(20)25)9-21-19(24-17)23-12-6-7-15(30-31(5,27)28)13(8-12)18(26)29-4/h6-11H,1-5H3,(H2,20,25)(H2,21,22,23,24). The summed E-state index contributed by atoms with van der Waals surface area (Å²) in [6.45, 7) is 5.96. The number of methoxy groups -OCH3 is 1. The largest absolute Gasteiger partial charge is 0.465 e. The first-order valence-electron chi connectivity index (χ1n) is 9.23. The Morgan fingerprint density at radius 2 is 1.84 bits per heavy atom. The summed E-state index contributed by atoms with van der Waals surface area (Å²) in [6, 6.07) is 4.11. The smallest absolute Gasteiger partial charge is 0.341 e. The number of nitrogens with zero attached hydrogens (tertiary/aromatic N) is 2. The van der Waals surface area contributed by atoms with E-state index in [0.717, 1.165) is 13.4 Å². The molecule has 2 rings (SSSR count). The van der Waals surface area contributed by atoms with E-state index in [1.165, 1.54) is 24.4 Å². The number of anilines is 3. The highest BCUT2D eigenvalue weighted by molar-refractivity contribution is 7.86. The number of amides is 1. The summed E-state index contributed by atoms with van der Waals surface area (Å²) in [5, 5.41) is 6.03. The molecule has 4 N–H and O–H groups in total. The van der Waals surface area contributed by atoms with E-state index in [2.05, 4.69) is 25.3 Å². The molecule has 12 heteroatoms. The predicted octanol–water partition coefficient (Wildman–Crippen LogP) is 1.90. The molecular weight excluding hydrogens is 426 g/mol. The van der Waals surface area contributed by atoms with Crippen molar-refractivity contribution in [2.24, 2.45) is 11.7 Å². The van der Waals surface area contributed by atoms with Crippen molar-refractivity contribution in [3.63, 3.8) is 0 Å². The van der Waals surface area contributed by atoms with Crippen molar-refractivity contribution >= 4 is 39.4 Å². The topological polar surface area (TPSA) is 163 Å². The predicted molar refractivity (Wildman–Crippen MR) is 115 cm³/mol. The highest BCUT2D eigenvalue weighted by Crippen LogP contribution is 2.27. The van der Waals surface area contributed by atoms with Gasteiger partial charge in [-0.1, -0.05) is 13.8 Å². The maximum atomic E-state index is 12.1. The molecule has 31 heavy (non-hydrogen) atoms. The van der Waals surface area contributed by atoms with Gasteiger partial charge in [0.15, 0.2) is 5.75 Å².